The largest absolute Gasteiger partial charge is 0.264 e. The molecule has 1 N–H and O–H groups in total. The highest BCUT2D eigenvalue weighted by Crippen LogP contribution is 2.27. The molecule has 0 unspecified atom stereocenters. The van der Waals surface area contributed by atoms with Gasteiger partial charge < -0.3 is 0 Å². The number of nitrogens with one attached hydrogen (secondary N) is 1. The standard InChI is InChI=1S/C9H6Cl2N4O2S/c10-7-8(11)13-5-14-9(7)15-18(16,17)6-2-1-3-12-4-6/h1-5H,(H,13,14,15). The summed E-state index contributed by atoms with van der Waals surface area (Å²) in [7, 11) is -3.80. The first-order chi connectivity index (χ1) is 8.50. The van der Waals surface area contributed by atoms with E-state index in [-0.39, 0.29) is 20.9 Å². The molecule has 18 heavy (non-hydrogen) atoms. The third-order valence-corrected chi connectivity index (χ3v) is 3.99. The Balaban J connectivity index is 2.37. The van der Waals surface area contributed by atoms with Crippen LogP contribution in [0.2, 0.25) is 10.2 Å². The van der Waals surface area contributed by atoms with Crippen molar-refractivity contribution < 1.29 is 8.42 Å². The number of rotatable bonds is 3. The van der Waals surface area contributed by atoms with Crippen molar-refractivity contribution in [2.75, 3.05) is 4.72 Å². The van der Waals surface area contributed by atoms with Crippen LogP contribution in [0, 0.1) is 0 Å². The fourth-order valence-corrected chi connectivity index (χ4v) is 2.43. The summed E-state index contributed by atoms with van der Waals surface area (Å²) in [6, 6.07) is 2.90. The first-order valence-corrected chi connectivity index (χ1v) is 6.83. The summed E-state index contributed by atoms with van der Waals surface area (Å²) in [5.74, 6) is -0.0829. The predicted octanol–water partition coefficient (Wildman–Crippen LogP) is 1.98. The summed E-state index contributed by atoms with van der Waals surface area (Å²) in [5.41, 5.74) is 0. The van der Waals surface area contributed by atoms with Crippen LogP contribution < -0.4 is 4.72 Å². The van der Waals surface area contributed by atoms with Gasteiger partial charge in [-0.15, -0.1) is 0 Å². The monoisotopic (exact) mass is 304 g/mol. The molecule has 2 aromatic heterocycles. The predicted molar refractivity (Wildman–Crippen MR) is 67.1 cm³/mol. The zero-order valence-corrected chi connectivity index (χ0v) is 11.0. The van der Waals surface area contributed by atoms with Gasteiger partial charge in [0.05, 0.1) is 0 Å². The number of pyridine rings is 1. The van der Waals surface area contributed by atoms with Crippen molar-refractivity contribution in [3.8, 4) is 0 Å². The van der Waals surface area contributed by atoms with E-state index in [1.54, 1.807) is 0 Å². The van der Waals surface area contributed by atoms with Crippen molar-refractivity contribution in [1.82, 2.24) is 15.0 Å². The molecule has 9 heteroatoms. The SMILES string of the molecule is O=S(=O)(Nc1ncnc(Cl)c1Cl)c1cccnc1. The van der Waals surface area contributed by atoms with E-state index in [2.05, 4.69) is 19.7 Å². The maximum absolute atomic E-state index is 12.0. The van der Waals surface area contributed by atoms with Crippen LogP contribution in [-0.2, 0) is 10.0 Å². The summed E-state index contributed by atoms with van der Waals surface area (Å²) in [6.07, 6.45) is 3.78. The highest BCUT2D eigenvalue weighted by molar-refractivity contribution is 7.92. The zero-order chi connectivity index (χ0) is 13.2. The van der Waals surface area contributed by atoms with Crippen molar-refractivity contribution >= 4 is 39.0 Å². The summed E-state index contributed by atoms with van der Waals surface area (Å²) >= 11 is 11.4. The van der Waals surface area contributed by atoms with Crippen molar-refractivity contribution in [1.29, 1.82) is 0 Å². The number of hydrogen-bond acceptors (Lipinski definition) is 5. The lowest BCUT2D eigenvalue weighted by atomic mass is 10.5. The molecule has 0 aliphatic carbocycles. The lowest BCUT2D eigenvalue weighted by Gasteiger charge is -2.08. The molecule has 2 heterocycles. The Hall–Kier alpha value is -1.44. The summed E-state index contributed by atoms with van der Waals surface area (Å²) < 4.78 is 26.1. The van der Waals surface area contributed by atoms with Gasteiger partial charge in [-0.3, -0.25) is 9.71 Å². The van der Waals surface area contributed by atoms with Gasteiger partial charge >= 0.3 is 0 Å². The molecular weight excluding hydrogens is 299 g/mol. The summed E-state index contributed by atoms with van der Waals surface area (Å²) in [5, 5.41) is -0.0952. The summed E-state index contributed by atoms with van der Waals surface area (Å²) in [6.45, 7) is 0. The number of anilines is 1. The molecule has 0 saturated carbocycles. The second-order valence-electron chi connectivity index (χ2n) is 3.12. The number of halogens is 2. The Morgan fingerprint density at radius 2 is 2.00 bits per heavy atom. The Labute approximate surface area is 113 Å². The highest BCUT2D eigenvalue weighted by atomic mass is 35.5. The average molecular weight is 305 g/mol. The van der Waals surface area contributed by atoms with E-state index >= 15 is 0 Å². The maximum Gasteiger partial charge on any atom is 0.264 e. The molecule has 0 bridgehead atoms. The molecule has 0 fully saturated rings. The molecule has 94 valence electrons. The lowest BCUT2D eigenvalue weighted by Crippen LogP contribution is -2.14. The van der Waals surface area contributed by atoms with E-state index < -0.39 is 10.0 Å². The number of hydrogen-bond donors (Lipinski definition) is 1. The molecule has 0 aliphatic heterocycles. The lowest BCUT2D eigenvalue weighted by molar-refractivity contribution is 0.600. The van der Waals surface area contributed by atoms with Crippen LogP contribution in [0.5, 0.6) is 0 Å². The molecule has 0 radical (unpaired) electrons. The van der Waals surface area contributed by atoms with Gasteiger partial charge in [0.2, 0.25) is 0 Å². The van der Waals surface area contributed by atoms with Crippen LogP contribution >= 0.6 is 23.2 Å². The molecular formula is C9H6Cl2N4O2S. The number of sulfonamides is 1. The Kier molecular flexibility index (Phi) is 3.65. The van der Waals surface area contributed by atoms with Crippen LogP contribution in [0.15, 0.2) is 35.7 Å². The van der Waals surface area contributed by atoms with Crippen molar-refractivity contribution in [2.45, 2.75) is 4.90 Å². The van der Waals surface area contributed by atoms with E-state index in [0.29, 0.717) is 0 Å². The third-order valence-electron chi connectivity index (χ3n) is 1.92. The Morgan fingerprint density at radius 3 is 2.67 bits per heavy atom. The van der Waals surface area contributed by atoms with Gasteiger partial charge in [-0.1, -0.05) is 23.2 Å². The maximum atomic E-state index is 12.0. The Bertz CT molecular complexity index is 664. The van der Waals surface area contributed by atoms with Gasteiger partial charge in [-0.25, -0.2) is 18.4 Å². The first-order valence-electron chi connectivity index (χ1n) is 4.59. The molecule has 2 rings (SSSR count). The van der Waals surface area contributed by atoms with Gasteiger partial charge in [0.15, 0.2) is 11.0 Å². The van der Waals surface area contributed by atoms with E-state index in [0.717, 1.165) is 6.33 Å². The van der Waals surface area contributed by atoms with Crippen LogP contribution in [0.4, 0.5) is 5.82 Å². The fraction of sp³-hybridized carbons (Fsp3) is 0. The number of nitrogens with zero attached hydrogens (tertiary/aromatic N) is 3. The molecule has 0 atom stereocenters. The van der Waals surface area contributed by atoms with E-state index in [4.69, 9.17) is 23.2 Å². The minimum Gasteiger partial charge on any atom is -0.263 e. The van der Waals surface area contributed by atoms with Gasteiger partial charge in [-0.05, 0) is 12.1 Å². The molecule has 0 saturated heterocycles. The average Bonchev–Trinajstić information content (AvgIpc) is 2.36. The molecule has 0 aromatic carbocycles. The smallest absolute Gasteiger partial charge is 0.263 e. The van der Waals surface area contributed by atoms with Crippen molar-refractivity contribution in [3.05, 3.63) is 41.0 Å². The second-order valence-corrected chi connectivity index (χ2v) is 5.54. The molecule has 0 spiro atoms. The highest BCUT2D eigenvalue weighted by Gasteiger charge is 2.17. The first kappa shape index (κ1) is 13.0. The minimum absolute atomic E-state index is 0.00389. The molecule has 0 amide bonds. The molecule has 0 aliphatic rings. The van der Waals surface area contributed by atoms with Crippen LogP contribution in [0.1, 0.15) is 0 Å². The molecule has 6 nitrogen and oxygen atoms in total. The van der Waals surface area contributed by atoms with Crippen molar-refractivity contribution in [2.24, 2.45) is 0 Å². The van der Waals surface area contributed by atoms with E-state index in [1.165, 1.54) is 24.5 Å². The quantitative estimate of drug-likeness (QED) is 0.876. The van der Waals surface area contributed by atoms with Gasteiger partial charge in [0.25, 0.3) is 10.0 Å². The van der Waals surface area contributed by atoms with E-state index in [9.17, 15) is 8.42 Å². The third kappa shape index (κ3) is 2.69. The fourth-order valence-electron chi connectivity index (χ4n) is 1.11. The van der Waals surface area contributed by atoms with Gasteiger partial charge in [0.1, 0.15) is 16.2 Å². The summed E-state index contributed by atoms with van der Waals surface area (Å²) in [4.78, 5) is 11.0. The van der Waals surface area contributed by atoms with Crippen LogP contribution in [0.3, 0.4) is 0 Å². The van der Waals surface area contributed by atoms with Gasteiger partial charge in [0, 0.05) is 12.4 Å². The topological polar surface area (TPSA) is 84.8 Å². The number of aromatic nitrogens is 3. The minimum atomic E-state index is -3.80. The van der Waals surface area contributed by atoms with Gasteiger partial charge in [-0.2, -0.15) is 0 Å². The normalized spacial score (nSPS) is 11.2. The Morgan fingerprint density at radius 1 is 1.22 bits per heavy atom. The van der Waals surface area contributed by atoms with E-state index in [1.807, 2.05) is 0 Å². The second kappa shape index (κ2) is 5.05. The van der Waals surface area contributed by atoms with Crippen LogP contribution in [-0.4, -0.2) is 23.4 Å². The molecule has 2 aromatic rings. The van der Waals surface area contributed by atoms with Crippen LogP contribution in [0.25, 0.3) is 0 Å². The van der Waals surface area contributed by atoms with Crippen molar-refractivity contribution in [3.63, 3.8) is 0 Å². The zero-order valence-electron chi connectivity index (χ0n) is 8.71.